The van der Waals surface area contributed by atoms with E-state index < -0.39 is 0 Å². The molecule has 1 aliphatic heterocycles. The molecule has 0 radical (unpaired) electrons. The fourth-order valence-electron chi connectivity index (χ4n) is 3.04. The quantitative estimate of drug-likeness (QED) is 0.792. The summed E-state index contributed by atoms with van der Waals surface area (Å²) in [4.78, 5) is 14.9. The number of amides is 1. The van der Waals surface area contributed by atoms with Crippen LogP contribution in [-0.4, -0.2) is 18.6 Å². The minimum atomic E-state index is -0.0311. The summed E-state index contributed by atoms with van der Waals surface area (Å²) in [5.41, 5.74) is 9.41. The second-order valence-electron chi connectivity index (χ2n) is 6.25. The Balaban J connectivity index is 1.96. The number of benzene rings is 2. The predicted octanol–water partition coefficient (Wildman–Crippen LogP) is 4.41. The molecule has 1 aliphatic rings. The fourth-order valence-corrected chi connectivity index (χ4v) is 3.52. The van der Waals surface area contributed by atoms with Gasteiger partial charge in [-0.25, -0.2) is 0 Å². The topological polar surface area (TPSA) is 55.6 Å². The van der Waals surface area contributed by atoms with Gasteiger partial charge in [0.25, 0.3) is 5.91 Å². The van der Waals surface area contributed by atoms with Crippen LogP contribution in [-0.2, 0) is 6.42 Å². The number of nitrogens with zero attached hydrogens (tertiary/aromatic N) is 1. The van der Waals surface area contributed by atoms with Gasteiger partial charge in [0.15, 0.2) is 0 Å². The van der Waals surface area contributed by atoms with Gasteiger partial charge in [0.05, 0.1) is 6.10 Å². The van der Waals surface area contributed by atoms with Crippen LogP contribution >= 0.6 is 15.9 Å². The van der Waals surface area contributed by atoms with Crippen molar-refractivity contribution in [1.82, 2.24) is 0 Å². The molecular weight excluding hydrogens is 368 g/mol. The molecule has 0 atom stereocenters. The molecular formula is C19H21BrN2O2. The number of hydrogen-bond donors (Lipinski definition) is 1. The van der Waals surface area contributed by atoms with Gasteiger partial charge in [-0.05, 0) is 62.6 Å². The first-order valence-corrected chi connectivity index (χ1v) is 8.91. The summed E-state index contributed by atoms with van der Waals surface area (Å²) in [6.07, 6.45) is 1.88. The molecule has 0 spiro atoms. The van der Waals surface area contributed by atoms with E-state index in [1.165, 1.54) is 0 Å². The van der Waals surface area contributed by atoms with Crippen LogP contribution in [0.3, 0.4) is 0 Å². The van der Waals surface area contributed by atoms with Gasteiger partial charge in [-0.3, -0.25) is 4.79 Å². The van der Waals surface area contributed by atoms with Crippen molar-refractivity contribution >= 4 is 33.2 Å². The predicted molar refractivity (Wildman–Crippen MR) is 101 cm³/mol. The normalized spacial score (nSPS) is 13.8. The first-order valence-electron chi connectivity index (χ1n) is 8.12. The van der Waals surface area contributed by atoms with Gasteiger partial charge >= 0.3 is 0 Å². The lowest BCUT2D eigenvalue weighted by Crippen LogP contribution is -2.35. The highest BCUT2D eigenvalue weighted by Gasteiger charge is 2.25. The highest BCUT2D eigenvalue weighted by molar-refractivity contribution is 9.10. The van der Waals surface area contributed by atoms with E-state index in [1.54, 1.807) is 6.07 Å². The molecule has 0 bridgehead atoms. The lowest BCUT2D eigenvalue weighted by atomic mass is 9.99. The number of carbonyl (C=O) groups excluding carboxylic acids is 1. The summed E-state index contributed by atoms with van der Waals surface area (Å²) in [5.74, 6) is 0.656. The Morgan fingerprint density at radius 1 is 1.29 bits per heavy atom. The molecule has 0 unspecified atom stereocenters. The lowest BCUT2D eigenvalue weighted by Gasteiger charge is -2.30. The summed E-state index contributed by atoms with van der Waals surface area (Å²) in [7, 11) is 0. The van der Waals surface area contributed by atoms with Gasteiger partial charge in [0, 0.05) is 28.0 Å². The van der Waals surface area contributed by atoms with Crippen LogP contribution in [0.5, 0.6) is 5.75 Å². The molecule has 0 aromatic heterocycles. The molecule has 126 valence electrons. The van der Waals surface area contributed by atoms with Crippen molar-refractivity contribution in [2.24, 2.45) is 0 Å². The third-order valence-electron chi connectivity index (χ3n) is 4.02. The maximum Gasteiger partial charge on any atom is 0.258 e. The molecule has 4 nitrogen and oxygen atoms in total. The van der Waals surface area contributed by atoms with Crippen LogP contribution in [0.15, 0.2) is 40.9 Å². The molecule has 0 saturated carbocycles. The Bertz CT molecular complexity index is 774. The number of fused-ring (bicyclic) bond motifs is 1. The van der Waals surface area contributed by atoms with Gasteiger partial charge in [0.1, 0.15) is 5.75 Å². The van der Waals surface area contributed by atoms with Crippen molar-refractivity contribution in [2.45, 2.75) is 32.8 Å². The van der Waals surface area contributed by atoms with Crippen LogP contribution < -0.4 is 15.4 Å². The maximum atomic E-state index is 13.1. The number of nitrogen functional groups attached to an aromatic ring is 1. The third-order valence-corrected chi connectivity index (χ3v) is 4.48. The van der Waals surface area contributed by atoms with Crippen LogP contribution in [0.1, 0.15) is 36.2 Å². The zero-order valence-corrected chi connectivity index (χ0v) is 15.5. The Kier molecular flexibility index (Phi) is 4.81. The molecule has 0 saturated heterocycles. The van der Waals surface area contributed by atoms with E-state index in [1.807, 2.05) is 49.1 Å². The number of rotatable bonds is 3. The number of nitrogens with two attached hydrogens (primary N) is 1. The van der Waals surface area contributed by atoms with Crippen molar-refractivity contribution in [2.75, 3.05) is 17.2 Å². The van der Waals surface area contributed by atoms with Crippen LogP contribution in [0, 0.1) is 0 Å². The van der Waals surface area contributed by atoms with Crippen LogP contribution in [0.2, 0.25) is 0 Å². The fraction of sp³-hybridized carbons (Fsp3) is 0.316. The molecule has 5 heteroatoms. The number of hydrogen-bond acceptors (Lipinski definition) is 3. The smallest absolute Gasteiger partial charge is 0.258 e. The number of anilines is 2. The highest BCUT2D eigenvalue weighted by Crippen LogP contribution is 2.33. The maximum absolute atomic E-state index is 13.1. The van der Waals surface area contributed by atoms with Crippen molar-refractivity contribution in [3.63, 3.8) is 0 Å². The van der Waals surface area contributed by atoms with Gasteiger partial charge in [-0.2, -0.15) is 0 Å². The van der Waals surface area contributed by atoms with Crippen molar-refractivity contribution < 1.29 is 9.53 Å². The molecule has 24 heavy (non-hydrogen) atoms. The summed E-state index contributed by atoms with van der Waals surface area (Å²) >= 11 is 3.47. The van der Waals surface area contributed by atoms with E-state index in [9.17, 15) is 4.79 Å². The van der Waals surface area contributed by atoms with Crippen LogP contribution in [0.4, 0.5) is 11.4 Å². The number of ether oxygens (including phenoxy) is 1. The summed E-state index contributed by atoms with van der Waals surface area (Å²) < 4.78 is 6.57. The average molecular weight is 389 g/mol. The van der Waals surface area contributed by atoms with E-state index >= 15 is 0 Å². The van der Waals surface area contributed by atoms with E-state index in [0.29, 0.717) is 17.9 Å². The zero-order valence-electron chi connectivity index (χ0n) is 13.9. The minimum Gasteiger partial charge on any atom is -0.491 e. The largest absolute Gasteiger partial charge is 0.491 e. The molecule has 2 aromatic rings. The minimum absolute atomic E-state index is 0.0311. The Labute approximate surface area is 150 Å². The molecule has 3 rings (SSSR count). The SMILES string of the molecule is CC(C)Oc1cc(Br)cc(C(=O)N2CCCc3c(N)cccc32)c1. The van der Waals surface area contributed by atoms with Gasteiger partial charge in [-0.1, -0.05) is 22.0 Å². The first-order chi connectivity index (χ1) is 11.5. The number of carbonyl (C=O) groups is 1. The van der Waals surface area contributed by atoms with Crippen molar-refractivity contribution in [3.05, 3.63) is 52.0 Å². The summed E-state index contributed by atoms with van der Waals surface area (Å²) in [6, 6.07) is 11.3. The second-order valence-corrected chi connectivity index (χ2v) is 7.16. The molecule has 1 heterocycles. The van der Waals surface area contributed by atoms with E-state index in [4.69, 9.17) is 10.5 Å². The second kappa shape index (κ2) is 6.85. The zero-order chi connectivity index (χ0) is 17.3. The average Bonchev–Trinajstić information content (AvgIpc) is 2.53. The molecule has 2 N–H and O–H groups in total. The Hall–Kier alpha value is -2.01. The van der Waals surface area contributed by atoms with E-state index in [2.05, 4.69) is 15.9 Å². The molecule has 2 aromatic carbocycles. The summed E-state index contributed by atoms with van der Waals surface area (Å²) in [6.45, 7) is 4.63. The molecule has 1 amide bonds. The van der Waals surface area contributed by atoms with Gasteiger partial charge in [-0.15, -0.1) is 0 Å². The third kappa shape index (κ3) is 3.41. The number of halogens is 1. The Morgan fingerprint density at radius 3 is 2.83 bits per heavy atom. The standard InChI is InChI=1S/C19H21BrN2O2/c1-12(2)24-15-10-13(9-14(20)11-15)19(23)22-8-4-5-16-17(21)6-3-7-18(16)22/h3,6-7,9-12H,4-5,8,21H2,1-2H3. The first kappa shape index (κ1) is 16.8. The van der Waals surface area contributed by atoms with Gasteiger partial charge < -0.3 is 15.4 Å². The lowest BCUT2D eigenvalue weighted by molar-refractivity contribution is 0.0984. The van der Waals surface area contributed by atoms with Crippen LogP contribution in [0.25, 0.3) is 0 Å². The van der Waals surface area contributed by atoms with Crippen molar-refractivity contribution in [1.29, 1.82) is 0 Å². The highest BCUT2D eigenvalue weighted by atomic mass is 79.9. The van der Waals surface area contributed by atoms with E-state index in [-0.39, 0.29) is 12.0 Å². The van der Waals surface area contributed by atoms with E-state index in [0.717, 1.165) is 34.3 Å². The van der Waals surface area contributed by atoms with Crippen molar-refractivity contribution in [3.8, 4) is 5.75 Å². The monoisotopic (exact) mass is 388 g/mol. The Morgan fingerprint density at radius 2 is 2.08 bits per heavy atom. The van der Waals surface area contributed by atoms with Gasteiger partial charge in [0.2, 0.25) is 0 Å². The summed E-state index contributed by atoms with van der Waals surface area (Å²) in [5, 5.41) is 0. The molecule has 0 fully saturated rings. The molecule has 0 aliphatic carbocycles.